The summed E-state index contributed by atoms with van der Waals surface area (Å²) >= 11 is 0. The first-order chi connectivity index (χ1) is 6.68. The van der Waals surface area contributed by atoms with Crippen molar-refractivity contribution in [3.8, 4) is 0 Å². The summed E-state index contributed by atoms with van der Waals surface area (Å²) in [5.74, 6) is -0.346. The first-order valence-electron chi connectivity index (χ1n) is 4.40. The van der Waals surface area contributed by atoms with Gasteiger partial charge in [0.1, 0.15) is 5.82 Å². The minimum Gasteiger partial charge on any atom is -0.439 e. The maximum atomic E-state index is 13.3. The van der Waals surface area contributed by atoms with Crippen LogP contribution in [-0.2, 0) is 4.74 Å². The molecule has 1 fully saturated rings. The number of benzene rings is 1. The normalized spacial score (nSPS) is 25.7. The molecule has 1 aliphatic heterocycles. The van der Waals surface area contributed by atoms with Crippen LogP contribution < -0.4 is 5.32 Å². The van der Waals surface area contributed by atoms with Crippen LogP contribution in [0.2, 0.25) is 0 Å². The third-order valence-corrected chi connectivity index (χ3v) is 2.25. The van der Waals surface area contributed by atoms with Gasteiger partial charge in [-0.25, -0.2) is 9.18 Å². The van der Waals surface area contributed by atoms with Gasteiger partial charge >= 0.3 is 6.09 Å². The smallest absolute Gasteiger partial charge is 0.408 e. The zero-order valence-electron chi connectivity index (χ0n) is 7.66. The summed E-state index contributed by atoms with van der Waals surface area (Å²) in [6.45, 7) is 1.78. The molecule has 0 unspecified atom stereocenters. The van der Waals surface area contributed by atoms with Crippen LogP contribution in [0.5, 0.6) is 0 Å². The lowest BCUT2D eigenvalue weighted by Gasteiger charge is -2.13. The molecule has 1 heterocycles. The molecule has 1 amide bonds. The van der Waals surface area contributed by atoms with Crippen molar-refractivity contribution in [2.45, 2.75) is 19.1 Å². The van der Waals surface area contributed by atoms with Gasteiger partial charge in [0.05, 0.1) is 6.04 Å². The molecule has 1 aromatic carbocycles. The van der Waals surface area contributed by atoms with Crippen LogP contribution in [0.15, 0.2) is 24.3 Å². The van der Waals surface area contributed by atoms with Crippen molar-refractivity contribution in [1.82, 2.24) is 5.32 Å². The number of carbonyl (C=O) groups is 1. The van der Waals surface area contributed by atoms with E-state index in [1.54, 1.807) is 25.1 Å². The van der Waals surface area contributed by atoms with Crippen LogP contribution in [0.3, 0.4) is 0 Å². The average Bonchev–Trinajstić information content (AvgIpc) is 2.46. The van der Waals surface area contributed by atoms with Crippen molar-refractivity contribution in [3.05, 3.63) is 35.6 Å². The van der Waals surface area contributed by atoms with Gasteiger partial charge in [-0.2, -0.15) is 0 Å². The van der Waals surface area contributed by atoms with Gasteiger partial charge in [0.25, 0.3) is 0 Å². The Morgan fingerprint density at radius 3 is 2.71 bits per heavy atom. The van der Waals surface area contributed by atoms with Crippen molar-refractivity contribution < 1.29 is 13.9 Å². The van der Waals surface area contributed by atoms with Crippen molar-refractivity contribution >= 4 is 6.09 Å². The highest BCUT2D eigenvalue weighted by Gasteiger charge is 2.33. The molecule has 14 heavy (non-hydrogen) atoms. The number of hydrogen-bond donors (Lipinski definition) is 1. The molecular formula is C10H10FNO2. The molecule has 4 heteroatoms. The Morgan fingerprint density at radius 1 is 1.43 bits per heavy atom. The molecular weight excluding hydrogens is 185 g/mol. The summed E-state index contributed by atoms with van der Waals surface area (Å²) in [6.07, 6.45) is -1.02. The number of amides is 1. The first kappa shape index (κ1) is 8.99. The summed E-state index contributed by atoms with van der Waals surface area (Å²) in [5.41, 5.74) is 0.415. The molecule has 0 saturated carbocycles. The number of carbonyl (C=O) groups excluding carboxylic acids is 1. The average molecular weight is 195 g/mol. The van der Waals surface area contributed by atoms with Crippen molar-refractivity contribution in [2.75, 3.05) is 0 Å². The number of alkyl carbamates (subject to hydrolysis) is 1. The molecule has 0 radical (unpaired) electrons. The van der Waals surface area contributed by atoms with Crippen LogP contribution in [0.25, 0.3) is 0 Å². The molecule has 2 rings (SSSR count). The van der Waals surface area contributed by atoms with Crippen LogP contribution >= 0.6 is 0 Å². The molecule has 74 valence electrons. The van der Waals surface area contributed by atoms with Gasteiger partial charge < -0.3 is 10.1 Å². The number of halogens is 1. The van der Waals surface area contributed by atoms with Crippen LogP contribution in [-0.4, -0.2) is 12.1 Å². The number of rotatable bonds is 1. The van der Waals surface area contributed by atoms with Gasteiger partial charge in [-0.3, -0.25) is 0 Å². The lowest BCUT2D eigenvalue weighted by molar-refractivity contribution is 0.132. The van der Waals surface area contributed by atoms with E-state index in [1.165, 1.54) is 6.07 Å². The molecule has 1 N–H and O–H groups in total. The highest BCUT2D eigenvalue weighted by molar-refractivity contribution is 5.70. The fourth-order valence-electron chi connectivity index (χ4n) is 1.55. The fraction of sp³-hybridized carbons (Fsp3) is 0.300. The van der Waals surface area contributed by atoms with E-state index in [1.807, 2.05) is 0 Å². The highest BCUT2D eigenvalue weighted by Crippen LogP contribution is 2.27. The van der Waals surface area contributed by atoms with Gasteiger partial charge in [-0.15, -0.1) is 0 Å². The van der Waals surface area contributed by atoms with Crippen molar-refractivity contribution in [2.24, 2.45) is 0 Å². The SMILES string of the molecule is C[C@H]1NC(=O)O[C@H]1c1ccccc1F. The highest BCUT2D eigenvalue weighted by atomic mass is 19.1. The van der Waals surface area contributed by atoms with Gasteiger partial charge in [-0.1, -0.05) is 18.2 Å². The Bertz CT molecular complexity index is 367. The second-order valence-electron chi connectivity index (χ2n) is 3.28. The van der Waals surface area contributed by atoms with Crippen molar-refractivity contribution in [3.63, 3.8) is 0 Å². The van der Waals surface area contributed by atoms with E-state index in [0.29, 0.717) is 5.56 Å². The van der Waals surface area contributed by atoms with Crippen molar-refractivity contribution in [1.29, 1.82) is 0 Å². The zero-order chi connectivity index (χ0) is 10.1. The summed E-state index contributed by atoms with van der Waals surface area (Å²) in [6, 6.07) is 6.11. The van der Waals surface area contributed by atoms with E-state index in [0.717, 1.165) is 0 Å². The van der Waals surface area contributed by atoms with Crippen LogP contribution in [0, 0.1) is 5.82 Å². The quantitative estimate of drug-likeness (QED) is 0.744. The van der Waals surface area contributed by atoms with Crippen LogP contribution in [0.4, 0.5) is 9.18 Å². The minimum atomic E-state index is -0.524. The Morgan fingerprint density at radius 2 is 2.14 bits per heavy atom. The first-order valence-corrected chi connectivity index (χ1v) is 4.40. The molecule has 2 atom stereocenters. The largest absolute Gasteiger partial charge is 0.439 e. The standard InChI is InChI=1S/C10H10FNO2/c1-6-9(14-10(13)12-6)7-4-2-3-5-8(7)11/h2-6,9H,1H3,(H,12,13)/t6-,9-/m1/s1. The van der Waals surface area contributed by atoms with E-state index in [2.05, 4.69) is 5.32 Å². The Hall–Kier alpha value is -1.58. The Balaban J connectivity index is 2.32. The number of hydrogen-bond acceptors (Lipinski definition) is 2. The van der Waals surface area contributed by atoms with E-state index >= 15 is 0 Å². The fourth-order valence-corrected chi connectivity index (χ4v) is 1.55. The predicted molar refractivity (Wildman–Crippen MR) is 48.2 cm³/mol. The third kappa shape index (κ3) is 1.43. The maximum absolute atomic E-state index is 13.3. The Kier molecular flexibility index (Phi) is 2.11. The Labute approximate surface area is 80.9 Å². The van der Waals surface area contributed by atoms with Gasteiger partial charge in [0.15, 0.2) is 6.10 Å². The predicted octanol–water partition coefficient (Wildman–Crippen LogP) is 2.00. The number of ether oxygens (including phenoxy) is 1. The second kappa shape index (κ2) is 3.29. The lowest BCUT2D eigenvalue weighted by atomic mass is 10.0. The summed E-state index contributed by atoms with van der Waals surface area (Å²) in [4.78, 5) is 10.9. The van der Waals surface area contributed by atoms with Crippen LogP contribution in [0.1, 0.15) is 18.6 Å². The van der Waals surface area contributed by atoms with Gasteiger partial charge in [0, 0.05) is 5.56 Å². The monoisotopic (exact) mass is 195 g/mol. The molecule has 0 bridgehead atoms. The third-order valence-electron chi connectivity index (χ3n) is 2.25. The van der Waals surface area contributed by atoms with E-state index in [9.17, 15) is 9.18 Å². The molecule has 1 aliphatic rings. The molecule has 0 spiro atoms. The molecule has 3 nitrogen and oxygen atoms in total. The second-order valence-corrected chi connectivity index (χ2v) is 3.28. The molecule has 1 saturated heterocycles. The minimum absolute atomic E-state index is 0.195. The van der Waals surface area contributed by atoms with Gasteiger partial charge in [0.2, 0.25) is 0 Å². The zero-order valence-corrected chi connectivity index (χ0v) is 7.66. The molecule has 0 aromatic heterocycles. The maximum Gasteiger partial charge on any atom is 0.408 e. The van der Waals surface area contributed by atoms with E-state index in [4.69, 9.17) is 4.74 Å². The van der Waals surface area contributed by atoms with E-state index in [-0.39, 0.29) is 11.9 Å². The number of cyclic esters (lactones) is 1. The topological polar surface area (TPSA) is 38.3 Å². The lowest BCUT2D eigenvalue weighted by Crippen LogP contribution is -2.24. The number of nitrogens with one attached hydrogen (secondary N) is 1. The van der Waals surface area contributed by atoms with Gasteiger partial charge in [-0.05, 0) is 13.0 Å². The van der Waals surface area contributed by atoms with E-state index < -0.39 is 12.2 Å². The summed E-state index contributed by atoms with van der Waals surface area (Å²) in [7, 11) is 0. The summed E-state index contributed by atoms with van der Waals surface area (Å²) < 4.78 is 18.3. The molecule has 1 aromatic rings. The molecule has 0 aliphatic carbocycles. The summed E-state index contributed by atoms with van der Waals surface area (Å²) in [5, 5.41) is 2.56.